The molecular weight excluding hydrogens is 444 g/mol. The van der Waals surface area contributed by atoms with Crippen LogP contribution in [-0.4, -0.2) is 75.0 Å². The summed E-state index contributed by atoms with van der Waals surface area (Å²) in [5, 5.41) is 5.53. The molecule has 0 spiro atoms. The maximum atomic E-state index is 13.3. The normalized spacial score (nSPS) is 20.4. The molecule has 2 amide bonds. The number of amides is 2. The number of aryl methyl sites for hydroxylation is 3. The van der Waals surface area contributed by atoms with E-state index in [2.05, 4.69) is 10.6 Å². The van der Waals surface area contributed by atoms with Crippen LogP contribution in [-0.2, 0) is 19.6 Å². The maximum absolute atomic E-state index is 13.3. The number of rotatable bonds is 7. The fourth-order valence-electron chi connectivity index (χ4n) is 4.64. The minimum Gasteiger partial charge on any atom is -0.463 e. The highest BCUT2D eigenvalue weighted by Gasteiger charge is 2.34. The fourth-order valence-corrected chi connectivity index (χ4v) is 6.47. The molecule has 0 saturated carbocycles. The molecule has 3 rings (SSSR count). The summed E-state index contributed by atoms with van der Waals surface area (Å²) >= 11 is 0. The third-order valence-corrected chi connectivity index (χ3v) is 8.27. The summed E-state index contributed by atoms with van der Waals surface area (Å²) in [7, 11) is -3.61. The van der Waals surface area contributed by atoms with Crippen LogP contribution in [0.5, 0.6) is 0 Å². The van der Waals surface area contributed by atoms with Gasteiger partial charge in [-0.15, -0.1) is 0 Å². The molecule has 9 nitrogen and oxygen atoms in total. The largest absolute Gasteiger partial charge is 0.463 e. The van der Waals surface area contributed by atoms with Gasteiger partial charge < -0.3 is 15.4 Å². The number of carbonyl (C=O) groups excluding carboxylic acids is 2. The van der Waals surface area contributed by atoms with Gasteiger partial charge >= 0.3 is 12.0 Å². The monoisotopic (exact) mass is 478 g/mol. The zero-order chi connectivity index (χ0) is 24.3. The van der Waals surface area contributed by atoms with Crippen molar-refractivity contribution in [2.24, 2.45) is 0 Å². The number of urea groups is 1. The van der Waals surface area contributed by atoms with Crippen LogP contribution in [0.2, 0.25) is 0 Å². The standard InChI is InChI=1S/C23H34N4O5S/c1-6-18-20(22(28)32-7-2)19(25-23(29)24-18)14-26-8-10-27(11-9-26)33(30,31)21-16(4)12-15(3)13-17(21)5/h12-13,18H,6-11,14H2,1-5H3,(H2,24,25,29). The highest BCUT2D eigenvalue weighted by molar-refractivity contribution is 7.89. The number of carbonyl (C=O) groups is 2. The first-order valence-electron chi connectivity index (χ1n) is 11.4. The quantitative estimate of drug-likeness (QED) is 0.579. The smallest absolute Gasteiger partial charge is 0.337 e. The minimum atomic E-state index is -3.61. The zero-order valence-electron chi connectivity index (χ0n) is 20.0. The highest BCUT2D eigenvalue weighted by Crippen LogP contribution is 2.26. The first-order chi connectivity index (χ1) is 15.6. The summed E-state index contributed by atoms with van der Waals surface area (Å²) in [6, 6.07) is 3.02. The topological polar surface area (TPSA) is 108 Å². The van der Waals surface area contributed by atoms with Gasteiger partial charge in [-0.25, -0.2) is 18.0 Å². The molecule has 1 aromatic carbocycles. The lowest BCUT2D eigenvalue weighted by atomic mass is 10.00. The van der Waals surface area contributed by atoms with E-state index in [1.54, 1.807) is 6.92 Å². The minimum absolute atomic E-state index is 0.244. The van der Waals surface area contributed by atoms with Crippen molar-refractivity contribution in [1.82, 2.24) is 19.8 Å². The van der Waals surface area contributed by atoms with E-state index in [1.807, 2.05) is 44.7 Å². The molecule has 33 heavy (non-hydrogen) atoms. The fraction of sp³-hybridized carbons (Fsp3) is 0.565. The lowest BCUT2D eigenvalue weighted by Crippen LogP contribution is -2.54. The van der Waals surface area contributed by atoms with Gasteiger partial charge in [0, 0.05) is 38.4 Å². The van der Waals surface area contributed by atoms with Crippen molar-refractivity contribution in [3.05, 3.63) is 40.1 Å². The predicted octanol–water partition coefficient (Wildman–Crippen LogP) is 1.83. The van der Waals surface area contributed by atoms with E-state index in [9.17, 15) is 18.0 Å². The van der Waals surface area contributed by atoms with Crippen molar-refractivity contribution in [2.75, 3.05) is 39.3 Å². The lowest BCUT2D eigenvalue weighted by molar-refractivity contribution is -0.139. The molecule has 0 radical (unpaired) electrons. The third-order valence-electron chi connectivity index (χ3n) is 6.06. The Labute approximate surface area is 196 Å². The van der Waals surface area contributed by atoms with Gasteiger partial charge in [-0.2, -0.15) is 4.31 Å². The number of esters is 1. The van der Waals surface area contributed by atoms with Crippen LogP contribution < -0.4 is 10.6 Å². The van der Waals surface area contributed by atoms with E-state index in [4.69, 9.17) is 4.74 Å². The highest BCUT2D eigenvalue weighted by atomic mass is 32.2. The molecule has 2 aliphatic rings. The van der Waals surface area contributed by atoms with Crippen molar-refractivity contribution in [3.8, 4) is 0 Å². The molecule has 10 heteroatoms. The average molecular weight is 479 g/mol. The summed E-state index contributed by atoms with van der Waals surface area (Å²) in [6.07, 6.45) is 0.562. The predicted molar refractivity (Wildman–Crippen MR) is 125 cm³/mol. The Kier molecular flexibility index (Phi) is 7.81. The number of hydrogen-bond donors (Lipinski definition) is 2. The van der Waals surface area contributed by atoms with Gasteiger partial charge in [0.15, 0.2) is 0 Å². The molecule has 1 fully saturated rings. The van der Waals surface area contributed by atoms with Gasteiger partial charge in [0.05, 0.1) is 23.1 Å². The molecule has 2 heterocycles. The van der Waals surface area contributed by atoms with Gasteiger partial charge in [0.25, 0.3) is 0 Å². The molecule has 2 N–H and O–H groups in total. The van der Waals surface area contributed by atoms with Crippen molar-refractivity contribution in [1.29, 1.82) is 0 Å². The summed E-state index contributed by atoms with van der Waals surface area (Å²) in [6.45, 7) is 11.5. The number of benzene rings is 1. The van der Waals surface area contributed by atoms with Gasteiger partial charge in [-0.3, -0.25) is 4.90 Å². The molecule has 0 aromatic heterocycles. The zero-order valence-corrected chi connectivity index (χ0v) is 20.8. The van der Waals surface area contributed by atoms with E-state index >= 15 is 0 Å². The van der Waals surface area contributed by atoms with Crippen molar-refractivity contribution >= 4 is 22.0 Å². The van der Waals surface area contributed by atoms with Crippen LogP contribution in [0.1, 0.15) is 37.0 Å². The van der Waals surface area contributed by atoms with Crippen LogP contribution >= 0.6 is 0 Å². The van der Waals surface area contributed by atoms with Crippen LogP contribution in [0.3, 0.4) is 0 Å². The second-order valence-corrected chi connectivity index (χ2v) is 10.5. The summed E-state index contributed by atoms with van der Waals surface area (Å²) in [5.74, 6) is -0.446. The Morgan fingerprint density at radius 2 is 1.70 bits per heavy atom. The molecule has 1 atom stereocenters. The number of nitrogens with zero attached hydrogens (tertiary/aromatic N) is 2. The molecule has 182 valence electrons. The van der Waals surface area contributed by atoms with Crippen molar-refractivity contribution in [3.63, 3.8) is 0 Å². The van der Waals surface area contributed by atoms with E-state index in [0.29, 0.717) is 55.3 Å². The SMILES string of the molecule is CCOC(=O)C1=C(CN2CCN(S(=O)(=O)c3c(C)cc(C)cc3C)CC2)NC(=O)NC1CC. The Bertz CT molecular complexity index is 1040. The first-order valence-corrected chi connectivity index (χ1v) is 12.8. The van der Waals surface area contributed by atoms with Crippen LogP contribution in [0.25, 0.3) is 0 Å². The van der Waals surface area contributed by atoms with Crippen LogP contribution in [0, 0.1) is 20.8 Å². The molecule has 1 saturated heterocycles. The Morgan fingerprint density at radius 1 is 1.09 bits per heavy atom. The summed E-state index contributed by atoms with van der Waals surface area (Å²) < 4.78 is 33.4. The van der Waals surface area contributed by atoms with Crippen LogP contribution in [0.15, 0.2) is 28.3 Å². The Balaban J connectivity index is 1.76. The van der Waals surface area contributed by atoms with E-state index in [-0.39, 0.29) is 12.6 Å². The second kappa shape index (κ2) is 10.2. The Hall–Kier alpha value is -2.43. The van der Waals surface area contributed by atoms with Crippen molar-refractivity contribution in [2.45, 2.75) is 52.0 Å². The number of piperazine rings is 1. The van der Waals surface area contributed by atoms with Crippen molar-refractivity contribution < 1.29 is 22.7 Å². The second-order valence-electron chi connectivity index (χ2n) is 8.58. The molecule has 0 bridgehead atoms. The van der Waals surface area contributed by atoms with Gasteiger partial charge in [-0.05, 0) is 45.2 Å². The number of ether oxygens (including phenoxy) is 1. The first kappa shape index (κ1) is 25.2. The molecule has 1 aromatic rings. The molecule has 2 aliphatic heterocycles. The number of nitrogens with one attached hydrogen (secondary N) is 2. The van der Waals surface area contributed by atoms with E-state index in [1.165, 1.54) is 4.31 Å². The van der Waals surface area contributed by atoms with E-state index < -0.39 is 22.0 Å². The summed E-state index contributed by atoms with van der Waals surface area (Å²) in [4.78, 5) is 27.1. The van der Waals surface area contributed by atoms with Gasteiger partial charge in [0.2, 0.25) is 10.0 Å². The van der Waals surface area contributed by atoms with E-state index in [0.717, 1.165) is 16.7 Å². The maximum Gasteiger partial charge on any atom is 0.337 e. The molecule has 0 aliphatic carbocycles. The average Bonchev–Trinajstić information content (AvgIpc) is 2.72. The third kappa shape index (κ3) is 5.39. The number of hydrogen-bond acceptors (Lipinski definition) is 6. The van der Waals surface area contributed by atoms with Gasteiger partial charge in [-0.1, -0.05) is 24.6 Å². The molecule has 1 unspecified atom stereocenters. The van der Waals surface area contributed by atoms with Gasteiger partial charge in [0.1, 0.15) is 0 Å². The molecular formula is C23H34N4O5S. The lowest BCUT2D eigenvalue weighted by Gasteiger charge is -2.36. The number of sulfonamides is 1. The van der Waals surface area contributed by atoms with Crippen LogP contribution in [0.4, 0.5) is 4.79 Å². The summed E-state index contributed by atoms with van der Waals surface area (Å²) in [5.41, 5.74) is 3.49. The Morgan fingerprint density at radius 3 is 2.24 bits per heavy atom.